The molecule has 0 aromatic carbocycles. The molecule has 1 aromatic rings. The van der Waals surface area contributed by atoms with Crippen molar-refractivity contribution in [3.63, 3.8) is 0 Å². The lowest BCUT2D eigenvalue weighted by Crippen LogP contribution is -2.48. The lowest BCUT2D eigenvalue weighted by molar-refractivity contribution is -0.137. The first kappa shape index (κ1) is 21.4. The van der Waals surface area contributed by atoms with Crippen LogP contribution in [0.15, 0.2) is 12.3 Å². The molecule has 0 bridgehead atoms. The molecule has 1 saturated heterocycles. The van der Waals surface area contributed by atoms with Crippen LogP contribution in [-0.2, 0) is 11.2 Å². The van der Waals surface area contributed by atoms with Gasteiger partial charge < -0.3 is 20.1 Å². The van der Waals surface area contributed by atoms with Crippen molar-refractivity contribution in [2.45, 2.75) is 64.0 Å². The number of anilines is 1. The van der Waals surface area contributed by atoms with Crippen molar-refractivity contribution >= 4 is 11.7 Å². The van der Waals surface area contributed by atoms with Gasteiger partial charge in [0, 0.05) is 50.4 Å². The van der Waals surface area contributed by atoms with Gasteiger partial charge in [-0.3, -0.25) is 9.69 Å². The number of hydrogen-bond donors (Lipinski definition) is 2. The fraction of sp³-hybridized carbons (Fsp3) is 0.739. The Morgan fingerprint density at radius 3 is 2.67 bits per heavy atom. The van der Waals surface area contributed by atoms with Gasteiger partial charge in [0.05, 0.1) is 6.61 Å². The molecule has 0 radical (unpaired) electrons. The van der Waals surface area contributed by atoms with Crippen molar-refractivity contribution in [3.8, 4) is 5.75 Å². The first-order valence-corrected chi connectivity index (χ1v) is 11.5. The van der Waals surface area contributed by atoms with E-state index in [4.69, 9.17) is 4.74 Å². The highest BCUT2D eigenvalue weighted by molar-refractivity contribution is 5.84. The van der Waals surface area contributed by atoms with Crippen molar-refractivity contribution < 1.29 is 14.6 Å². The summed E-state index contributed by atoms with van der Waals surface area (Å²) in [5.41, 5.74) is -0.00252. The summed E-state index contributed by atoms with van der Waals surface area (Å²) in [4.78, 5) is 21.5. The standard InChI is InChI=1S/C23H36N4O3/c1-23(2,29)22(28)25-19-5-3-17(4-6-19)8-11-26-12-14-27(15-13-26)21-20-18(7-10-24-21)9-16-30-20/h7,10,17,19,29H,3-6,8-9,11-16H2,1-2H3,(H,25,28)/t17-,19-. The number of carbonyl (C=O) groups is 1. The third-order valence-electron chi connectivity index (χ3n) is 6.85. The molecule has 7 nitrogen and oxygen atoms in total. The van der Waals surface area contributed by atoms with E-state index in [1.165, 1.54) is 12.0 Å². The quantitative estimate of drug-likeness (QED) is 0.738. The molecule has 0 spiro atoms. The Morgan fingerprint density at radius 2 is 1.97 bits per heavy atom. The molecule has 1 saturated carbocycles. The van der Waals surface area contributed by atoms with Crippen LogP contribution in [0.2, 0.25) is 0 Å². The molecule has 1 aromatic heterocycles. The first-order chi connectivity index (χ1) is 14.4. The fourth-order valence-corrected chi connectivity index (χ4v) is 4.82. The lowest BCUT2D eigenvalue weighted by atomic mass is 9.83. The topological polar surface area (TPSA) is 77.9 Å². The highest BCUT2D eigenvalue weighted by Gasteiger charge is 2.29. The summed E-state index contributed by atoms with van der Waals surface area (Å²) in [7, 11) is 0. The molecule has 4 rings (SSSR count). The number of piperazine rings is 1. The van der Waals surface area contributed by atoms with E-state index in [9.17, 15) is 9.90 Å². The van der Waals surface area contributed by atoms with Gasteiger partial charge in [-0.25, -0.2) is 4.98 Å². The van der Waals surface area contributed by atoms with Crippen LogP contribution in [0, 0.1) is 5.92 Å². The molecule has 3 heterocycles. The molecular weight excluding hydrogens is 380 g/mol. The lowest BCUT2D eigenvalue weighted by Gasteiger charge is -2.37. The van der Waals surface area contributed by atoms with Crippen LogP contribution in [0.1, 0.15) is 51.5 Å². The molecule has 3 aliphatic rings. The summed E-state index contributed by atoms with van der Waals surface area (Å²) in [6.07, 6.45) is 8.50. The Morgan fingerprint density at radius 1 is 1.23 bits per heavy atom. The fourth-order valence-electron chi connectivity index (χ4n) is 4.82. The largest absolute Gasteiger partial charge is 0.489 e. The SMILES string of the molecule is CC(C)(O)C(=O)N[C@H]1CC[C@H](CCN2CCN(c3nccc4c3OCC4)CC2)CC1. The Labute approximate surface area is 179 Å². The maximum atomic E-state index is 12.0. The highest BCUT2D eigenvalue weighted by Crippen LogP contribution is 2.34. The van der Waals surface area contributed by atoms with Crippen LogP contribution in [0.3, 0.4) is 0 Å². The molecule has 30 heavy (non-hydrogen) atoms. The number of pyridine rings is 1. The minimum atomic E-state index is -1.29. The summed E-state index contributed by atoms with van der Waals surface area (Å²) >= 11 is 0. The summed E-state index contributed by atoms with van der Waals surface area (Å²) in [6.45, 7) is 9.16. The number of ether oxygens (including phenoxy) is 1. The van der Waals surface area contributed by atoms with E-state index in [1.54, 1.807) is 13.8 Å². The van der Waals surface area contributed by atoms with Crippen LogP contribution >= 0.6 is 0 Å². The Kier molecular flexibility index (Phi) is 6.48. The predicted octanol–water partition coefficient (Wildman–Crippen LogP) is 1.97. The van der Waals surface area contributed by atoms with Gasteiger partial charge in [-0.2, -0.15) is 0 Å². The van der Waals surface area contributed by atoms with Gasteiger partial charge in [-0.05, 0) is 64.5 Å². The second-order valence-corrected chi connectivity index (χ2v) is 9.59. The molecular formula is C23H36N4O3. The van der Waals surface area contributed by atoms with E-state index in [1.807, 2.05) is 6.20 Å². The number of aromatic nitrogens is 1. The Bertz CT molecular complexity index is 732. The van der Waals surface area contributed by atoms with Gasteiger partial charge >= 0.3 is 0 Å². The molecule has 2 N–H and O–H groups in total. The third-order valence-corrected chi connectivity index (χ3v) is 6.85. The zero-order chi connectivity index (χ0) is 21.1. The minimum absolute atomic E-state index is 0.214. The molecule has 0 atom stereocenters. The molecule has 1 aliphatic carbocycles. The van der Waals surface area contributed by atoms with Crippen LogP contribution in [0.5, 0.6) is 5.75 Å². The van der Waals surface area contributed by atoms with E-state index in [0.717, 1.165) is 88.9 Å². The molecule has 7 heteroatoms. The second kappa shape index (κ2) is 9.10. The van der Waals surface area contributed by atoms with E-state index < -0.39 is 5.60 Å². The Hall–Kier alpha value is -1.86. The number of hydrogen-bond acceptors (Lipinski definition) is 6. The van der Waals surface area contributed by atoms with E-state index in [0.29, 0.717) is 0 Å². The zero-order valence-corrected chi connectivity index (χ0v) is 18.4. The van der Waals surface area contributed by atoms with Crippen molar-refractivity contribution in [2.24, 2.45) is 5.92 Å². The van der Waals surface area contributed by atoms with E-state index in [2.05, 4.69) is 26.2 Å². The van der Waals surface area contributed by atoms with Gasteiger partial charge in [0.15, 0.2) is 11.6 Å². The number of aliphatic hydroxyl groups is 1. The van der Waals surface area contributed by atoms with Crippen LogP contribution in [0.4, 0.5) is 5.82 Å². The van der Waals surface area contributed by atoms with Gasteiger partial charge in [-0.1, -0.05) is 0 Å². The number of nitrogens with zero attached hydrogens (tertiary/aromatic N) is 3. The maximum Gasteiger partial charge on any atom is 0.251 e. The average molecular weight is 417 g/mol. The zero-order valence-electron chi connectivity index (χ0n) is 18.4. The van der Waals surface area contributed by atoms with E-state index in [-0.39, 0.29) is 11.9 Å². The van der Waals surface area contributed by atoms with Crippen molar-refractivity contribution in [1.82, 2.24) is 15.2 Å². The van der Waals surface area contributed by atoms with Crippen molar-refractivity contribution in [2.75, 3.05) is 44.2 Å². The molecule has 1 amide bonds. The van der Waals surface area contributed by atoms with Crippen LogP contribution in [-0.4, -0.2) is 71.9 Å². The summed E-state index contributed by atoms with van der Waals surface area (Å²) in [5.74, 6) is 2.51. The monoisotopic (exact) mass is 416 g/mol. The van der Waals surface area contributed by atoms with Gasteiger partial charge in [0.2, 0.25) is 0 Å². The van der Waals surface area contributed by atoms with Gasteiger partial charge in [-0.15, -0.1) is 0 Å². The first-order valence-electron chi connectivity index (χ1n) is 11.5. The number of nitrogens with one attached hydrogen (secondary N) is 1. The van der Waals surface area contributed by atoms with Gasteiger partial charge in [0.25, 0.3) is 5.91 Å². The number of fused-ring (bicyclic) bond motifs is 1. The van der Waals surface area contributed by atoms with Crippen molar-refractivity contribution in [1.29, 1.82) is 0 Å². The third kappa shape index (κ3) is 5.06. The maximum absolute atomic E-state index is 12.0. The smallest absolute Gasteiger partial charge is 0.251 e. The minimum Gasteiger partial charge on any atom is -0.489 e. The van der Waals surface area contributed by atoms with E-state index >= 15 is 0 Å². The average Bonchev–Trinajstić information content (AvgIpc) is 3.22. The summed E-state index contributed by atoms with van der Waals surface area (Å²) in [5, 5.41) is 12.8. The summed E-state index contributed by atoms with van der Waals surface area (Å²) < 4.78 is 5.83. The predicted molar refractivity (Wildman–Crippen MR) is 117 cm³/mol. The number of amides is 1. The Balaban J connectivity index is 1.17. The van der Waals surface area contributed by atoms with Crippen LogP contribution in [0.25, 0.3) is 0 Å². The number of carbonyl (C=O) groups excluding carboxylic acids is 1. The van der Waals surface area contributed by atoms with Gasteiger partial charge in [0.1, 0.15) is 5.60 Å². The number of rotatable bonds is 6. The molecule has 2 aliphatic heterocycles. The normalized spacial score (nSPS) is 25.0. The van der Waals surface area contributed by atoms with Crippen LogP contribution < -0.4 is 15.0 Å². The molecule has 0 unspecified atom stereocenters. The van der Waals surface area contributed by atoms with Crippen molar-refractivity contribution in [3.05, 3.63) is 17.8 Å². The highest BCUT2D eigenvalue weighted by atomic mass is 16.5. The summed E-state index contributed by atoms with van der Waals surface area (Å²) in [6, 6.07) is 2.29. The molecule has 166 valence electrons. The molecule has 2 fully saturated rings. The second-order valence-electron chi connectivity index (χ2n) is 9.59.